The lowest BCUT2D eigenvalue weighted by Crippen LogP contribution is -2.58. The zero-order chi connectivity index (χ0) is 19.6. The maximum Gasteiger partial charge on any atom is 0.299 e. The van der Waals surface area contributed by atoms with Crippen molar-refractivity contribution in [3.05, 3.63) is 35.9 Å². The topological polar surface area (TPSA) is 116 Å². The summed E-state index contributed by atoms with van der Waals surface area (Å²) >= 11 is 0. The van der Waals surface area contributed by atoms with Crippen LogP contribution in [0.5, 0.6) is 0 Å². The zero-order valence-corrected chi connectivity index (χ0v) is 15.6. The van der Waals surface area contributed by atoms with Crippen LogP contribution >= 0.6 is 0 Å². The van der Waals surface area contributed by atoms with E-state index in [1.54, 1.807) is 12.1 Å². The summed E-state index contributed by atoms with van der Waals surface area (Å²) in [5, 5.41) is 2.57. The molecule has 0 spiro atoms. The molecule has 144 valence electrons. The average Bonchev–Trinajstić information content (AvgIpc) is 2.65. The molecule has 1 aromatic carbocycles. The lowest BCUT2D eigenvalue weighted by Gasteiger charge is -2.35. The van der Waals surface area contributed by atoms with E-state index in [1.807, 2.05) is 18.2 Å². The number of sulfonamides is 1. The number of carbonyl (C=O) groups is 3. The molecule has 9 nitrogen and oxygen atoms in total. The summed E-state index contributed by atoms with van der Waals surface area (Å²) < 4.78 is 25.7. The number of nitrogens with one attached hydrogen (secondary N) is 1. The highest BCUT2D eigenvalue weighted by Crippen LogP contribution is 2.19. The number of hydrogen-bond donors (Lipinski definition) is 1. The molecule has 0 radical (unpaired) electrons. The zero-order valence-electron chi connectivity index (χ0n) is 14.8. The SMILES string of the molecule is CN1C(=O)C(=O)C(C(=O)NCc2ccccc2)N=C1N1CCCCS1(=O)=O. The van der Waals surface area contributed by atoms with E-state index in [-0.39, 0.29) is 24.8 Å². The van der Waals surface area contributed by atoms with E-state index in [0.29, 0.717) is 12.8 Å². The van der Waals surface area contributed by atoms with Crippen LogP contribution in [0.4, 0.5) is 0 Å². The summed E-state index contributed by atoms with van der Waals surface area (Å²) in [7, 11) is -2.36. The molecule has 1 atom stereocenters. The maximum atomic E-state index is 12.4. The minimum absolute atomic E-state index is 0.0626. The van der Waals surface area contributed by atoms with Gasteiger partial charge in [0, 0.05) is 20.1 Å². The van der Waals surface area contributed by atoms with Crippen molar-refractivity contribution in [3.8, 4) is 0 Å². The molecule has 1 aromatic rings. The van der Waals surface area contributed by atoms with Gasteiger partial charge in [-0.3, -0.25) is 19.3 Å². The molecular weight excluding hydrogens is 372 g/mol. The van der Waals surface area contributed by atoms with Gasteiger partial charge in [0.25, 0.3) is 17.6 Å². The summed E-state index contributed by atoms with van der Waals surface area (Å²) in [4.78, 5) is 41.9. The van der Waals surface area contributed by atoms with Gasteiger partial charge in [0.15, 0.2) is 6.04 Å². The fourth-order valence-corrected chi connectivity index (χ4v) is 4.55. The molecule has 1 N–H and O–H groups in total. The average molecular weight is 392 g/mol. The lowest BCUT2D eigenvalue weighted by atomic mass is 10.1. The molecular formula is C17H20N4O5S. The molecule has 0 aliphatic carbocycles. The highest BCUT2D eigenvalue weighted by atomic mass is 32.2. The molecule has 10 heteroatoms. The summed E-state index contributed by atoms with van der Waals surface area (Å²) in [6, 6.07) is 7.46. The Morgan fingerprint density at radius 1 is 1.22 bits per heavy atom. The summed E-state index contributed by atoms with van der Waals surface area (Å²) in [5.74, 6) is -2.93. The first-order chi connectivity index (χ1) is 12.8. The van der Waals surface area contributed by atoms with Gasteiger partial charge in [0.2, 0.25) is 16.0 Å². The van der Waals surface area contributed by atoms with Crippen LogP contribution in [0.15, 0.2) is 35.3 Å². The first-order valence-corrected chi connectivity index (χ1v) is 10.1. The molecule has 2 aliphatic rings. The Morgan fingerprint density at radius 2 is 1.93 bits per heavy atom. The van der Waals surface area contributed by atoms with Crippen molar-refractivity contribution in [1.82, 2.24) is 14.5 Å². The molecule has 2 amide bonds. The summed E-state index contributed by atoms with van der Waals surface area (Å²) in [6.07, 6.45) is 1.13. The van der Waals surface area contributed by atoms with E-state index >= 15 is 0 Å². The molecule has 3 rings (SSSR count). The maximum absolute atomic E-state index is 12.4. The Labute approximate surface area is 157 Å². The first kappa shape index (κ1) is 19.0. The van der Waals surface area contributed by atoms with Crippen LogP contribution in [0.3, 0.4) is 0 Å². The van der Waals surface area contributed by atoms with Gasteiger partial charge in [-0.15, -0.1) is 0 Å². The van der Waals surface area contributed by atoms with Crippen LogP contribution in [-0.4, -0.2) is 66.6 Å². The normalized spacial score (nSPS) is 22.4. The van der Waals surface area contributed by atoms with E-state index in [1.165, 1.54) is 7.05 Å². The number of guanidine groups is 1. The van der Waals surface area contributed by atoms with Crippen molar-refractivity contribution < 1.29 is 22.8 Å². The molecule has 2 aliphatic heterocycles. The third kappa shape index (κ3) is 3.85. The quantitative estimate of drug-likeness (QED) is 0.550. The predicted octanol–water partition coefficient (Wildman–Crippen LogP) is -0.506. The molecule has 0 aromatic heterocycles. The van der Waals surface area contributed by atoms with Gasteiger partial charge in [-0.25, -0.2) is 17.7 Å². The summed E-state index contributed by atoms with van der Waals surface area (Å²) in [5.41, 5.74) is 0.820. The second-order valence-corrected chi connectivity index (χ2v) is 8.37. The largest absolute Gasteiger partial charge is 0.350 e. The van der Waals surface area contributed by atoms with Crippen LogP contribution in [-0.2, 0) is 31.0 Å². The number of benzene rings is 1. The molecule has 1 fully saturated rings. The van der Waals surface area contributed by atoms with E-state index < -0.39 is 33.7 Å². The van der Waals surface area contributed by atoms with Crippen LogP contribution in [0.1, 0.15) is 18.4 Å². The van der Waals surface area contributed by atoms with Gasteiger partial charge in [-0.1, -0.05) is 30.3 Å². The van der Waals surface area contributed by atoms with Gasteiger partial charge >= 0.3 is 0 Å². The smallest absolute Gasteiger partial charge is 0.299 e. The second-order valence-electron chi connectivity index (χ2n) is 6.36. The number of aliphatic imine (C=N–C) groups is 1. The van der Waals surface area contributed by atoms with Gasteiger partial charge in [0.05, 0.1) is 5.75 Å². The number of hydrogen-bond acceptors (Lipinski definition) is 6. The van der Waals surface area contributed by atoms with Gasteiger partial charge < -0.3 is 5.32 Å². The Bertz CT molecular complexity index is 897. The lowest BCUT2D eigenvalue weighted by molar-refractivity contribution is -0.145. The van der Waals surface area contributed by atoms with Crippen LogP contribution in [0, 0.1) is 0 Å². The van der Waals surface area contributed by atoms with E-state index in [4.69, 9.17) is 0 Å². The van der Waals surface area contributed by atoms with Gasteiger partial charge in [0.1, 0.15) is 0 Å². The first-order valence-electron chi connectivity index (χ1n) is 8.53. The number of Topliss-reactive ketones (excluding diaryl/α,β-unsaturated/α-hetero) is 1. The molecule has 1 saturated heterocycles. The standard InChI is InChI=1S/C17H20N4O5S/c1-20-16(24)14(22)13(15(23)18-11-12-7-3-2-4-8-12)19-17(20)21-9-5-6-10-27(21,25)26/h2-4,7-8,13H,5-6,9-11H2,1H3,(H,18,23). The molecule has 27 heavy (non-hydrogen) atoms. The molecule has 0 saturated carbocycles. The number of amides is 2. The number of likely N-dealkylation sites (N-methyl/N-ethyl adjacent to an activating group) is 1. The highest BCUT2D eigenvalue weighted by molar-refractivity contribution is 7.89. The minimum atomic E-state index is -3.64. The van der Waals surface area contributed by atoms with Gasteiger partial charge in [-0.05, 0) is 18.4 Å². The number of ketones is 1. The Morgan fingerprint density at radius 3 is 2.59 bits per heavy atom. The van der Waals surface area contributed by atoms with Crippen LogP contribution in [0.2, 0.25) is 0 Å². The monoisotopic (exact) mass is 392 g/mol. The van der Waals surface area contributed by atoms with Crippen molar-refractivity contribution in [2.45, 2.75) is 25.4 Å². The second kappa shape index (κ2) is 7.47. The van der Waals surface area contributed by atoms with Crippen molar-refractivity contribution in [2.24, 2.45) is 4.99 Å². The molecule has 1 unspecified atom stereocenters. The van der Waals surface area contributed by atoms with Crippen molar-refractivity contribution in [2.75, 3.05) is 19.3 Å². The fourth-order valence-electron chi connectivity index (χ4n) is 2.94. The Hall–Kier alpha value is -2.75. The Balaban J connectivity index is 1.84. The molecule has 2 heterocycles. The van der Waals surface area contributed by atoms with E-state index in [2.05, 4.69) is 10.3 Å². The number of carbonyl (C=O) groups excluding carboxylic acids is 3. The predicted molar refractivity (Wildman–Crippen MR) is 97.0 cm³/mol. The van der Waals surface area contributed by atoms with Gasteiger partial charge in [-0.2, -0.15) is 0 Å². The van der Waals surface area contributed by atoms with Crippen molar-refractivity contribution >= 4 is 33.6 Å². The minimum Gasteiger partial charge on any atom is -0.350 e. The summed E-state index contributed by atoms with van der Waals surface area (Å²) in [6.45, 7) is 0.325. The van der Waals surface area contributed by atoms with Crippen molar-refractivity contribution in [1.29, 1.82) is 0 Å². The fraction of sp³-hybridized carbons (Fsp3) is 0.412. The van der Waals surface area contributed by atoms with Crippen molar-refractivity contribution in [3.63, 3.8) is 0 Å². The van der Waals surface area contributed by atoms with Crippen LogP contribution < -0.4 is 5.32 Å². The third-order valence-electron chi connectivity index (χ3n) is 4.44. The third-order valence-corrected chi connectivity index (χ3v) is 6.26. The number of rotatable bonds is 3. The van der Waals surface area contributed by atoms with Crippen LogP contribution in [0.25, 0.3) is 0 Å². The molecule has 0 bridgehead atoms. The number of nitrogens with zero attached hydrogens (tertiary/aromatic N) is 3. The van der Waals surface area contributed by atoms with E-state index in [9.17, 15) is 22.8 Å². The Kier molecular flexibility index (Phi) is 5.26. The van der Waals surface area contributed by atoms with E-state index in [0.717, 1.165) is 14.8 Å². The highest BCUT2D eigenvalue weighted by Gasteiger charge is 2.43.